The summed E-state index contributed by atoms with van der Waals surface area (Å²) in [6.07, 6.45) is -2.04. The van der Waals surface area contributed by atoms with Crippen molar-refractivity contribution in [2.45, 2.75) is 31.5 Å². The van der Waals surface area contributed by atoms with Gasteiger partial charge in [0.2, 0.25) is 0 Å². The predicted octanol–water partition coefficient (Wildman–Crippen LogP) is -0.901. The van der Waals surface area contributed by atoms with Gasteiger partial charge >= 0.3 is 0 Å². The summed E-state index contributed by atoms with van der Waals surface area (Å²) in [7, 11) is 0. The molecule has 0 aromatic carbocycles. The van der Waals surface area contributed by atoms with Crippen LogP contribution in [0.2, 0.25) is 0 Å². The summed E-state index contributed by atoms with van der Waals surface area (Å²) >= 11 is 0. The number of aliphatic hydroxyl groups excluding tert-OH is 2. The smallest absolute Gasteiger partial charge is 0.184 e. The van der Waals surface area contributed by atoms with E-state index in [9.17, 15) is 10.2 Å². The van der Waals surface area contributed by atoms with Gasteiger partial charge in [0.15, 0.2) is 6.29 Å². The maximum absolute atomic E-state index is 9.47. The second kappa shape index (κ2) is 2.42. The molecule has 2 unspecified atom stereocenters. The van der Waals surface area contributed by atoms with E-state index in [0.29, 0.717) is 6.61 Å². The Morgan fingerprint density at radius 2 is 2.00 bits per heavy atom. The lowest BCUT2D eigenvalue weighted by atomic mass is 9.92. The Morgan fingerprint density at radius 1 is 1.27 bits per heavy atom. The molecule has 2 aliphatic heterocycles. The molecule has 2 N–H and O–H groups in total. The molecule has 2 bridgehead atoms. The van der Waals surface area contributed by atoms with Gasteiger partial charge < -0.3 is 19.7 Å². The largest absolute Gasteiger partial charge is 0.390 e. The Labute approximate surface area is 64.7 Å². The van der Waals surface area contributed by atoms with Gasteiger partial charge in [0.05, 0.1) is 12.7 Å². The van der Waals surface area contributed by atoms with E-state index >= 15 is 0 Å². The van der Waals surface area contributed by atoms with Gasteiger partial charge in [-0.1, -0.05) is 6.92 Å². The second-order valence-corrected chi connectivity index (χ2v) is 3.22. The van der Waals surface area contributed by atoms with Gasteiger partial charge in [-0.05, 0) is 0 Å². The molecule has 2 heterocycles. The molecule has 2 rings (SSSR count). The zero-order valence-electron chi connectivity index (χ0n) is 6.30. The third-order valence-electron chi connectivity index (χ3n) is 2.47. The fraction of sp³-hybridized carbons (Fsp3) is 1.00. The molecule has 0 aliphatic carbocycles. The number of rotatable bonds is 0. The highest BCUT2D eigenvalue weighted by atomic mass is 16.7. The lowest BCUT2D eigenvalue weighted by Crippen LogP contribution is -2.48. The van der Waals surface area contributed by atoms with Gasteiger partial charge in [-0.2, -0.15) is 0 Å². The highest BCUT2D eigenvalue weighted by molar-refractivity contribution is 4.90. The molecule has 0 radical (unpaired) electrons. The first kappa shape index (κ1) is 7.49. The summed E-state index contributed by atoms with van der Waals surface area (Å²) in [5.41, 5.74) is 0. The number of ether oxygens (including phenoxy) is 2. The van der Waals surface area contributed by atoms with E-state index in [1.54, 1.807) is 6.92 Å². The molecule has 0 amide bonds. The molecule has 2 saturated heterocycles. The summed E-state index contributed by atoms with van der Waals surface area (Å²) in [4.78, 5) is 0. The zero-order chi connectivity index (χ0) is 8.01. The van der Waals surface area contributed by atoms with Crippen LogP contribution in [0.5, 0.6) is 0 Å². The molecule has 11 heavy (non-hydrogen) atoms. The first-order valence-electron chi connectivity index (χ1n) is 3.83. The fourth-order valence-electron chi connectivity index (χ4n) is 1.59. The van der Waals surface area contributed by atoms with Crippen molar-refractivity contribution in [2.24, 2.45) is 5.92 Å². The summed E-state index contributed by atoms with van der Waals surface area (Å²) in [6, 6.07) is 0. The van der Waals surface area contributed by atoms with Crippen LogP contribution in [0.1, 0.15) is 6.92 Å². The first-order valence-corrected chi connectivity index (χ1v) is 3.83. The van der Waals surface area contributed by atoms with E-state index in [1.165, 1.54) is 0 Å². The van der Waals surface area contributed by atoms with Crippen molar-refractivity contribution in [3.05, 3.63) is 0 Å². The Balaban J connectivity index is 2.16. The van der Waals surface area contributed by atoms with E-state index in [1.807, 2.05) is 0 Å². The summed E-state index contributed by atoms with van der Waals surface area (Å²) in [5.74, 6) is -0.152. The van der Waals surface area contributed by atoms with Gasteiger partial charge in [0, 0.05) is 5.92 Å². The first-order chi connectivity index (χ1) is 5.20. The third-order valence-corrected chi connectivity index (χ3v) is 2.47. The van der Waals surface area contributed by atoms with E-state index in [-0.39, 0.29) is 12.0 Å². The van der Waals surface area contributed by atoms with Gasteiger partial charge in [-0.25, -0.2) is 0 Å². The quantitative estimate of drug-likeness (QED) is 0.482. The highest BCUT2D eigenvalue weighted by Gasteiger charge is 2.47. The molecule has 0 saturated carbocycles. The SMILES string of the molecule is C[C@@H]1C(O)[C@@H]2OCC(O2)[C@H]1O. The van der Waals surface area contributed by atoms with Gasteiger partial charge in [0.1, 0.15) is 12.2 Å². The van der Waals surface area contributed by atoms with Crippen LogP contribution in [0.25, 0.3) is 0 Å². The highest BCUT2D eigenvalue weighted by Crippen LogP contribution is 2.31. The number of aliphatic hydroxyl groups is 2. The van der Waals surface area contributed by atoms with E-state index < -0.39 is 18.5 Å². The molecule has 2 aliphatic rings. The number of hydrogen-bond donors (Lipinski definition) is 2. The topological polar surface area (TPSA) is 58.9 Å². The summed E-state index contributed by atoms with van der Waals surface area (Å²) in [5, 5.41) is 18.9. The lowest BCUT2D eigenvalue weighted by molar-refractivity contribution is -0.205. The maximum Gasteiger partial charge on any atom is 0.184 e. The van der Waals surface area contributed by atoms with Gasteiger partial charge in [-0.3, -0.25) is 0 Å². The van der Waals surface area contributed by atoms with Crippen molar-refractivity contribution in [3.8, 4) is 0 Å². The van der Waals surface area contributed by atoms with E-state index in [4.69, 9.17) is 9.47 Å². The molecule has 0 aromatic heterocycles. The van der Waals surface area contributed by atoms with Crippen LogP contribution in [0, 0.1) is 5.92 Å². The van der Waals surface area contributed by atoms with Gasteiger partial charge in [-0.15, -0.1) is 0 Å². The number of fused-ring (bicyclic) bond motifs is 2. The minimum Gasteiger partial charge on any atom is -0.390 e. The molecule has 5 atom stereocenters. The van der Waals surface area contributed by atoms with E-state index in [0.717, 1.165) is 0 Å². The van der Waals surface area contributed by atoms with Crippen molar-refractivity contribution in [1.82, 2.24) is 0 Å². The molecule has 0 aromatic rings. The molecular weight excluding hydrogens is 148 g/mol. The molecule has 2 fully saturated rings. The molecular formula is C7H12O4. The molecule has 4 heteroatoms. The Hall–Kier alpha value is -0.160. The zero-order valence-corrected chi connectivity index (χ0v) is 6.30. The van der Waals surface area contributed by atoms with Crippen LogP contribution in [-0.4, -0.2) is 41.4 Å². The Kier molecular flexibility index (Phi) is 1.64. The normalized spacial score (nSPS) is 56.5. The van der Waals surface area contributed by atoms with E-state index in [2.05, 4.69) is 0 Å². The monoisotopic (exact) mass is 160 g/mol. The van der Waals surface area contributed by atoms with Crippen LogP contribution in [-0.2, 0) is 9.47 Å². The van der Waals surface area contributed by atoms with Crippen molar-refractivity contribution in [3.63, 3.8) is 0 Å². The molecule has 64 valence electrons. The average molecular weight is 160 g/mol. The molecule has 0 spiro atoms. The second-order valence-electron chi connectivity index (χ2n) is 3.22. The number of hydrogen-bond acceptors (Lipinski definition) is 4. The van der Waals surface area contributed by atoms with Crippen LogP contribution in [0.15, 0.2) is 0 Å². The lowest BCUT2D eigenvalue weighted by Gasteiger charge is -2.33. The van der Waals surface area contributed by atoms with Crippen molar-refractivity contribution in [1.29, 1.82) is 0 Å². The third kappa shape index (κ3) is 0.980. The predicted molar refractivity (Wildman–Crippen MR) is 35.8 cm³/mol. The van der Waals surface area contributed by atoms with Crippen molar-refractivity contribution in [2.75, 3.05) is 6.61 Å². The maximum atomic E-state index is 9.47. The Morgan fingerprint density at radius 3 is 2.73 bits per heavy atom. The van der Waals surface area contributed by atoms with Crippen LogP contribution >= 0.6 is 0 Å². The standard InChI is InChI=1S/C7H12O4/c1-3-5(8)4-2-10-7(11-4)6(3)9/h3-9H,2H2,1H3/t3-,4?,5-,6?,7+/m0/s1. The molecule has 4 nitrogen and oxygen atoms in total. The van der Waals surface area contributed by atoms with Crippen LogP contribution < -0.4 is 0 Å². The van der Waals surface area contributed by atoms with Crippen molar-refractivity contribution < 1.29 is 19.7 Å². The minimum absolute atomic E-state index is 0.152. The van der Waals surface area contributed by atoms with Crippen molar-refractivity contribution >= 4 is 0 Å². The van der Waals surface area contributed by atoms with Crippen LogP contribution in [0.3, 0.4) is 0 Å². The van der Waals surface area contributed by atoms with Gasteiger partial charge in [0.25, 0.3) is 0 Å². The minimum atomic E-state index is -0.691. The summed E-state index contributed by atoms with van der Waals surface area (Å²) < 4.78 is 10.3. The summed E-state index contributed by atoms with van der Waals surface area (Å²) in [6.45, 7) is 2.19. The Bertz CT molecular complexity index is 141. The average Bonchev–Trinajstić information content (AvgIpc) is 2.44. The van der Waals surface area contributed by atoms with Crippen LogP contribution in [0.4, 0.5) is 0 Å². The fourth-order valence-corrected chi connectivity index (χ4v) is 1.59.